The minimum atomic E-state index is -0.0793. The van der Waals surface area contributed by atoms with Crippen LogP contribution in [0.3, 0.4) is 0 Å². The van der Waals surface area contributed by atoms with Crippen molar-refractivity contribution in [2.75, 3.05) is 16.5 Å². The smallest absolute Gasteiger partial charge is 0.234 e. The number of benzene rings is 5. The van der Waals surface area contributed by atoms with Gasteiger partial charge >= 0.3 is 0 Å². The lowest BCUT2D eigenvalue weighted by Gasteiger charge is -2.26. The molecule has 6 nitrogen and oxygen atoms in total. The van der Waals surface area contributed by atoms with Gasteiger partial charge in [-0.1, -0.05) is 102 Å². The summed E-state index contributed by atoms with van der Waals surface area (Å²) in [6.45, 7) is 14.9. The molecule has 0 N–H and O–H groups in total. The van der Waals surface area contributed by atoms with Crippen LogP contribution in [0.1, 0.15) is 58.2 Å². The van der Waals surface area contributed by atoms with Crippen molar-refractivity contribution >= 4 is 38.9 Å². The fourth-order valence-electron chi connectivity index (χ4n) is 6.86. The summed E-state index contributed by atoms with van der Waals surface area (Å²) >= 11 is 0. The van der Waals surface area contributed by atoms with Crippen LogP contribution in [0, 0.1) is 0 Å². The zero-order valence-electron chi connectivity index (χ0n) is 29.7. The summed E-state index contributed by atoms with van der Waals surface area (Å²) in [6, 6.07) is 40.8. The Labute approximate surface area is 294 Å². The van der Waals surface area contributed by atoms with Crippen LogP contribution in [0.25, 0.3) is 27.8 Å². The molecule has 6 heteroatoms. The Balaban J connectivity index is 1.19. The van der Waals surface area contributed by atoms with Gasteiger partial charge < -0.3 is 14.5 Å². The number of hydrogen-bond acceptors (Lipinski definition) is 5. The maximum atomic E-state index is 6.79. The van der Waals surface area contributed by atoms with Crippen LogP contribution < -0.4 is 14.5 Å². The second kappa shape index (κ2) is 12.1. The van der Waals surface area contributed by atoms with Crippen molar-refractivity contribution in [1.29, 1.82) is 0 Å². The summed E-state index contributed by atoms with van der Waals surface area (Å²) in [4.78, 5) is 14.5. The van der Waals surface area contributed by atoms with E-state index in [-0.39, 0.29) is 10.8 Å². The number of aromatic nitrogens is 3. The average Bonchev–Trinajstić information content (AvgIpc) is 3.63. The van der Waals surface area contributed by atoms with Crippen molar-refractivity contribution < 1.29 is 4.74 Å². The summed E-state index contributed by atoms with van der Waals surface area (Å²) < 4.78 is 8.93. The quantitative estimate of drug-likeness (QED) is 0.178. The molecule has 0 bridgehead atoms. The van der Waals surface area contributed by atoms with Crippen LogP contribution in [0.15, 0.2) is 128 Å². The molecule has 0 spiro atoms. The van der Waals surface area contributed by atoms with Crippen LogP contribution in [0.2, 0.25) is 0 Å². The monoisotopic (exact) mass is 657 g/mol. The van der Waals surface area contributed by atoms with Crippen molar-refractivity contribution in [2.45, 2.75) is 58.9 Å². The fourth-order valence-corrected chi connectivity index (χ4v) is 6.86. The van der Waals surface area contributed by atoms with Gasteiger partial charge in [0, 0.05) is 47.5 Å². The lowest BCUT2D eigenvalue weighted by Crippen LogP contribution is -2.27. The molecule has 0 radical (unpaired) electrons. The van der Waals surface area contributed by atoms with E-state index in [2.05, 4.69) is 171 Å². The van der Waals surface area contributed by atoms with Crippen molar-refractivity contribution in [2.24, 2.45) is 0 Å². The Morgan fingerprint density at radius 1 is 0.600 bits per heavy atom. The molecule has 2 aromatic heterocycles. The number of ether oxygens (including phenoxy) is 1. The second-order valence-corrected chi connectivity index (χ2v) is 15.4. The van der Waals surface area contributed by atoms with E-state index in [0.717, 1.165) is 57.8 Å². The zero-order valence-corrected chi connectivity index (χ0v) is 29.7. The Bertz CT molecular complexity index is 2330. The van der Waals surface area contributed by atoms with E-state index in [9.17, 15) is 0 Å². The van der Waals surface area contributed by atoms with E-state index in [0.29, 0.717) is 5.95 Å². The predicted molar refractivity (Wildman–Crippen MR) is 206 cm³/mol. The van der Waals surface area contributed by atoms with Crippen LogP contribution in [-0.4, -0.2) is 21.2 Å². The van der Waals surface area contributed by atoms with Crippen molar-refractivity contribution in [1.82, 2.24) is 14.5 Å². The number of hydrogen-bond donors (Lipinski definition) is 0. The normalized spacial score (nSPS) is 13.3. The molecule has 1 aliphatic heterocycles. The maximum Gasteiger partial charge on any atom is 0.234 e. The second-order valence-electron chi connectivity index (χ2n) is 15.4. The highest BCUT2D eigenvalue weighted by Gasteiger charge is 2.28. The van der Waals surface area contributed by atoms with E-state index in [1.54, 1.807) is 0 Å². The molecule has 0 unspecified atom stereocenters. The number of nitrogens with zero attached hydrogens (tertiary/aromatic N) is 5. The molecule has 1 aliphatic rings. The molecule has 50 heavy (non-hydrogen) atoms. The zero-order chi connectivity index (χ0) is 34.6. The third-order valence-corrected chi connectivity index (χ3v) is 9.70. The molecule has 8 rings (SSSR count). The number of rotatable bonds is 6. The molecule has 7 aromatic rings. The van der Waals surface area contributed by atoms with Gasteiger partial charge in [-0.15, -0.1) is 0 Å². The van der Waals surface area contributed by atoms with Gasteiger partial charge in [-0.3, -0.25) is 4.57 Å². The minimum Gasteiger partial charge on any atom is -0.457 e. The first-order valence-electron chi connectivity index (χ1n) is 17.4. The molecule has 0 saturated carbocycles. The Hall–Kier alpha value is -5.62. The lowest BCUT2D eigenvalue weighted by atomic mass is 9.86. The van der Waals surface area contributed by atoms with E-state index in [1.165, 1.54) is 22.5 Å². The first-order chi connectivity index (χ1) is 24.0. The summed E-state index contributed by atoms with van der Waals surface area (Å²) in [6.07, 6.45) is 3.89. The van der Waals surface area contributed by atoms with Crippen LogP contribution in [0.5, 0.6) is 11.5 Å². The predicted octanol–water partition coefficient (Wildman–Crippen LogP) is 11.1. The molecule has 0 aliphatic carbocycles. The lowest BCUT2D eigenvalue weighted by molar-refractivity contribution is 0.479. The van der Waals surface area contributed by atoms with Crippen molar-refractivity contribution in [3.05, 3.63) is 144 Å². The largest absolute Gasteiger partial charge is 0.457 e. The number of fused-ring (bicyclic) bond motifs is 4. The van der Waals surface area contributed by atoms with Gasteiger partial charge in [0.25, 0.3) is 0 Å². The molecule has 0 saturated heterocycles. The molecule has 0 atom stereocenters. The van der Waals surface area contributed by atoms with Gasteiger partial charge in [0.15, 0.2) is 0 Å². The SMILES string of the molecule is CC(C)(C)c1cnc(-n2c3ccccc3c3ccc(Oc4cc(N5CN(Cc6ccccc6)c6ccccc65)cc(C(C)(C)C)c4)cc32)nc1. The fraction of sp³-hybridized carbons (Fsp3) is 0.227. The van der Waals surface area contributed by atoms with E-state index < -0.39 is 0 Å². The molecular formula is C44H43N5O. The van der Waals surface area contributed by atoms with Gasteiger partial charge in [-0.25, -0.2) is 9.97 Å². The van der Waals surface area contributed by atoms with E-state index in [4.69, 9.17) is 14.7 Å². The van der Waals surface area contributed by atoms with E-state index >= 15 is 0 Å². The summed E-state index contributed by atoms with van der Waals surface area (Å²) in [7, 11) is 0. The van der Waals surface area contributed by atoms with Gasteiger partial charge in [0.05, 0.1) is 29.1 Å². The van der Waals surface area contributed by atoms with Gasteiger partial charge in [0.1, 0.15) is 11.5 Å². The van der Waals surface area contributed by atoms with Crippen LogP contribution in [0.4, 0.5) is 17.1 Å². The van der Waals surface area contributed by atoms with Crippen LogP contribution in [-0.2, 0) is 17.4 Å². The average molecular weight is 658 g/mol. The maximum absolute atomic E-state index is 6.79. The Kier molecular flexibility index (Phi) is 7.63. The summed E-state index contributed by atoms with van der Waals surface area (Å²) in [5, 5.41) is 2.29. The van der Waals surface area contributed by atoms with Crippen molar-refractivity contribution in [3.8, 4) is 17.4 Å². The highest BCUT2D eigenvalue weighted by atomic mass is 16.5. The summed E-state index contributed by atoms with van der Waals surface area (Å²) in [5.41, 5.74) is 9.10. The molecule has 3 heterocycles. The topological polar surface area (TPSA) is 46.4 Å². The molecule has 250 valence electrons. The first kappa shape index (κ1) is 31.6. The summed E-state index contributed by atoms with van der Waals surface area (Å²) in [5.74, 6) is 2.21. The Morgan fingerprint density at radius 3 is 2.00 bits per heavy atom. The third kappa shape index (κ3) is 5.85. The highest BCUT2D eigenvalue weighted by Crippen LogP contribution is 2.44. The molecule has 0 amide bonds. The number of anilines is 3. The first-order valence-corrected chi connectivity index (χ1v) is 17.4. The molecular weight excluding hydrogens is 615 g/mol. The van der Waals surface area contributed by atoms with Gasteiger partial charge in [-0.05, 0) is 70.0 Å². The standard InChI is InChI=1S/C44H43N5O/c1-43(2,3)31-22-33(48-29-47(28-30-14-8-7-9-15-30)39-18-12-13-19-40(39)48)24-35(23-31)50-34-20-21-37-36-16-10-11-17-38(36)49(41(37)25-34)42-45-26-32(27-46-42)44(4,5)6/h7-27H,28-29H2,1-6H3. The van der Waals surface area contributed by atoms with Crippen LogP contribution >= 0.6 is 0 Å². The highest BCUT2D eigenvalue weighted by molar-refractivity contribution is 6.09. The van der Waals surface area contributed by atoms with E-state index in [1.807, 2.05) is 12.4 Å². The minimum absolute atomic E-state index is 0.0296. The number of para-hydroxylation sites is 3. The van der Waals surface area contributed by atoms with Gasteiger partial charge in [0.2, 0.25) is 5.95 Å². The molecule has 5 aromatic carbocycles. The van der Waals surface area contributed by atoms with Gasteiger partial charge in [-0.2, -0.15) is 0 Å². The van der Waals surface area contributed by atoms with Crippen molar-refractivity contribution in [3.63, 3.8) is 0 Å². The molecule has 0 fully saturated rings. The Morgan fingerprint density at radius 2 is 1.26 bits per heavy atom. The third-order valence-electron chi connectivity index (χ3n) is 9.70.